The standard InChI is InChI=1S/C12H12ClN5/c13-7-1-3-8(4-2-7)18-12-6-10-9(14-15-10)5-11(12)16-17-18/h1-4,9-12H,5-6H2. The van der Waals surface area contributed by atoms with Gasteiger partial charge in [-0.2, -0.15) is 15.3 Å². The van der Waals surface area contributed by atoms with Gasteiger partial charge >= 0.3 is 0 Å². The summed E-state index contributed by atoms with van der Waals surface area (Å²) in [6, 6.07) is 9.09. The summed E-state index contributed by atoms with van der Waals surface area (Å²) in [4.78, 5) is 0. The SMILES string of the molecule is Clc1ccc(N2N=NC3CC4N=NC4CC32)cc1. The highest BCUT2D eigenvalue weighted by Gasteiger charge is 2.46. The van der Waals surface area contributed by atoms with Crippen molar-refractivity contribution < 1.29 is 0 Å². The fourth-order valence-corrected chi connectivity index (χ4v) is 3.01. The van der Waals surface area contributed by atoms with E-state index in [1.165, 1.54) is 0 Å². The van der Waals surface area contributed by atoms with Gasteiger partial charge in [0.1, 0.15) is 0 Å². The molecule has 2 heterocycles. The molecule has 0 amide bonds. The number of hydrogen-bond acceptors (Lipinski definition) is 5. The molecule has 4 unspecified atom stereocenters. The van der Waals surface area contributed by atoms with Crippen LogP contribution in [0.1, 0.15) is 12.8 Å². The van der Waals surface area contributed by atoms with Crippen molar-refractivity contribution in [1.82, 2.24) is 0 Å². The van der Waals surface area contributed by atoms with Crippen LogP contribution >= 0.6 is 11.6 Å². The van der Waals surface area contributed by atoms with Gasteiger partial charge in [-0.25, -0.2) is 5.01 Å². The molecule has 0 N–H and O–H groups in total. The van der Waals surface area contributed by atoms with Crippen LogP contribution in [0.2, 0.25) is 5.02 Å². The summed E-state index contributed by atoms with van der Waals surface area (Å²) in [5.41, 5.74) is 1.05. The van der Waals surface area contributed by atoms with Crippen LogP contribution in [0.25, 0.3) is 0 Å². The maximum Gasteiger partial charge on any atom is 0.0976 e. The Balaban J connectivity index is 1.61. The zero-order valence-corrected chi connectivity index (χ0v) is 10.4. The van der Waals surface area contributed by atoms with E-state index in [1.54, 1.807) is 0 Å². The van der Waals surface area contributed by atoms with E-state index in [-0.39, 0.29) is 6.04 Å². The van der Waals surface area contributed by atoms with Crippen molar-refractivity contribution in [3.63, 3.8) is 0 Å². The van der Waals surface area contributed by atoms with Crippen LogP contribution < -0.4 is 5.01 Å². The first-order valence-electron chi connectivity index (χ1n) is 6.17. The zero-order chi connectivity index (χ0) is 12.1. The Bertz CT molecular complexity index is 526. The molecular weight excluding hydrogens is 250 g/mol. The zero-order valence-electron chi connectivity index (χ0n) is 9.65. The molecule has 4 rings (SSSR count). The molecule has 0 spiro atoms. The average molecular weight is 262 g/mol. The third-order valence-electron chi connectivity index (χ3n) is 3.92. The lowest BCUT2D eigenvalue weighted by molar-refractivity contribution is 0.258. The van der Waals surface area contributed by atoms with Crippen LogP contribution in [0.15, 0.2) is 44.8 Å². The highest BCUT2D eigenvalue weighted by molar-refractivity contribution is 6.30. The molecule has 92 valence electrons. The van der Waals surface area contributed by atoms with Gasteiger partial charge in [0.25, 0.3) is 0 Å². The molecule has 4 atom stereocenters. The summed E-state index contributed by atoms with van der Waals surface area (Å²) in [5.74, 6) is 0. The summed E-state index contributed by atoms with van der Waals surface area (Å²) < 4.78 is 0. The van der Waals surface area contributed by atoms with E-state index in [0.29, 0.717) is 18.1 Å². The normalized spacial score (nSPS) is 36.2. The van der Waals surface area contributed by atoms with Gasteiger partial charge in [-0.15, -0.1) is 0 Å². The topological polar surface area (TPSA) is 52.7 Å². The second-order valence-electron chi connectivity index (χ2n) is 5.00. The molecule has 5 nitrogen and oxygen atoms in total. The fourth-order valence-electron chi connectivity index (χ4n) is 2.88. The van der Waals surface area contributed by atoms with Crippen LogP contribution in [0, 0.1) is 0 Å². The summed E-state index contributed by atoms with van der Waals surface area (Å²) >= 11 is 5.91. The van der Waals surface area contributed by atoms with Crippen molar-refractivity contribution in [1.29, 1.82) is 0 Å². The van der Waals surface area contributed by atoms with Crippen molar-refractivity contribution in [3.05, 3.63) is 29.3 Å². The molecule has 1 saturated carbocycles. The molecule has 1 aromatic carbocycles. The van der Waals surface area contributed by atoms with Crippen molar-refractivity contribution in [3.8, 4) is 0 Å². The molecule has 3 aliphatic rings. The Morgan fingerprint density at radius 3 is 2.39 bits per heavy atom. The number of fused-ring (bicyclic) bond motifs is 2. The van der Waals surface area contributed by atoms with Crippen molar-refractivity contribution in [2.45, 2.75) is 37.0 Å². The first kappa shape index (κ1) is 10.4. The van der Waals surface area contributed by atoms with E-state index in [4.69, 9.17) is 11.6 Å². The van der Waals surface area contributed by atoms with Crippen LogP contribution in [0.5, 0.6) is 0 Å². The van der Waals surface area contributed by atoms with E-state index in [9.17, 15) is 0 Å². The highest BCUT2D eigenvalue weighted by Crippen LogP contribution is 2.39. The van der Waals surface area contributed by atoms with Gasteiger partial charge in [0, 0.05) is 11.4 Å². The molecule has 2 aliphatic heterocycles. The largest absolute Gasteiger partial charge is 0.242 e. The smallest absolute Gasteiger partial charge is 0.0976 e. The molecule has 6 heteroatoms. The number of anilines is 1. The van der Waals surface area contributed by atoms with Crippen molar-refractivity contribution in [2.24, 2.45) is 20.6 Å². The van der Waals surface area contributed by atoms with Gasteiger partial charge in [0.15, 0.2) is 0 Å². The Hall–Kier alpha value is -1.49. The molecule has 1 fully saturated rings. The molecular formula is C12H12ClN5. The first-order valence-corrected chi connectivity index (χ1v) is 6.54. The molecule has 0 radical (unpaired) electrons. The predicted octanol–water partition coefficient (Wildman–Crippen LogP) is 3.26. The van der Waals surface area contributed by atoms with E-state index in [0.717, 1.165) is 23.6 Å². The lowest BCUT2D eigenvalue weighted by atomic mass is 9.82. The summed E-state index contributed by atoms with van der Waals surface area (Å²) in [5, 5.41) is 19.8. The van der Waals surface area contributed by atoms with Crippen LogP contribution in [0.4, 0.5) is 5.69 Å². The quantitative estimate of drug-likeness (QED) is 0.765. The summed E-state index contributed by atoms with van der Waals surface area (Å²) in [6.07, 6.45) is 1.97. The average Bonchev–Trinajstić information content (AvgIpc) is 2.75. The van der Waals surface area contributed by atoms with Gasteiger partial charge in [0.05, 0.1) is 29.9 Å². The maximum absolute atomic E-state index is 5.91. The lowest BCUT2D eigenvalue weighted by Crippen LogP contribution is -2.49. The molecule has 0 saturated heterocycles. The lowest BCUT2D eigenvalue weighted by Gasteiger charge is -2.38. The second-order valence-corrected chi connectivity index (χ2v) is 5.43. The van der Waals surface area contributed by atoms with Crippen LogP contribution in [-0.2, 0) is 0 Å². The molecule has 18 heavy (non-hydrogen) atoms. The van der Waals surface area contributed by atoms with Gasteiger partial charge < -0.3 is 0 Å². The minimum atomic E-state index is 0.265. The number of rotatable bonds is 1. The van der Waals surface area contributed by atoms with Crippen LogP contribution in [-0.4, -0.2) is 24.2 Å². The number of nitrogens with zero attached hydrogens (tertiary/aromatic N) is 5. The third-order valence-corrected chi connectivity index (χ3v) is 4.17. The number of azo groups is 1. The maximum atomic E-state index is 5.91. The van der Waals surface area contributed by atoms with Crippen LogP contribution in [0.3, 0.4) is 0 Å². The van der Waals surface area contributed by atoms with Crippen molar-refractivity contribution in [2.75, 3.05) is 5.01 Å². The monoisotopic (exact) mass is 261 g/mol. The fraction of sp³-hybridized carbons (Fsp3) is 0.500. The Labute approximate surface area is 110 Å². The third kappa shape index (κ3) is 1.47. The van der Waals surface area contributed by atoms with E-state index >= 15 is 0 Å². The Kier molecular flexibility index (Phi) is 2.17. The highest BCUT2D eigenvalue weighted by atomic mass is 35.5. The number of benzene rings is 1. The Morgan fingerprint density at radius 2 is 1.67 bits per heavy atom. The minimum absolute atomic E-state index is 0.265. The van der Waals surface area contributed by atoms with Gasteiger partial charge in [-0.1, -0.05) is 16.8 Å². The van der Waals surface area contributed by atoms with E-state index in [1.807, 2.05) is 29.3 Å². The minimum Gasteiger partial charge on any atom is -0.242 e. The summed E-state index contributed by atoms with van der Waals surface area (Å²) in [6.45, 7) is 0. The number of hydrogen-bond donors (Lipinski definition) is 0. The van der Waals surface area contributed by atoms with Crippen molar-refractivity contribution >= 4 is 17.3 Å². The molecule has 0 bridgehead atoms. The second kappa shape index (κ2) is 3.75. The molecule has 0 aromatic heterocycles. The molecule has 1 aliphatic carbocycles. The van der Waals surface area contributed by atoms with Gasteiger partial charge in [-0.05, 0) is 30.7 Å². The Morgan fingerprint density at radius 1 is 0.944 bits per heavy atom. The predicted molar refractivity (Wildman–Crippen MR) is 68.0 cm³/mol. The van der Waals surface area contributed by atoms with E-state index in [2.05, 4.69) is 20.6 Å². The van der Waals surface area contributed by atoms with Gasteiger partial charge in [-0.3, -0.25) is 0 Å². The van der Waals surface area contributed by atoms with Gasteiger partial charge in [0.2, 0.25) is 0 Å². The number of halogens is 1. The summed E-state index contributed by atoms with van der Waals surface area (Å²) in [7, 11) is 0. The first-order chi connectivity index (χ1) is 8.81. The molecule has 1 aromatic rings. The van der Waals surface area contributed by atoms with E-state index < -0.39 is 0 Å².